The van der Waals surface area contributed by atoms with Gasteiger partial charge in [-0.3, -0.25) is 5.43 Å². The van der Waals surface area contributed by atoms with Gasteiger partial charge >= 0.3 is 0 Å². The number of fused-ring (bicyclic) bond motifs is 1. The number of rotatable bonds is 8. The molecule has 280 valence electrons. The molecule has 8 nitrogen and oxygen atoms in total. The highest BCUT2D eigenvalue weighted by atomic mass is 32.1. The third kappa shape index (κ3) is 11.6. The van der Waals surface area contributed by atoms with Crippen molar-refractivity contribution in [2.75, 3.05) is 33.2 Å². The molecule has 3 aromatic rings. The second kappa shape index (κ2) is 19.8. The number of allylic oxidation sites excluding steroid dienone is 5. The van der Waals surface area contributed by atoms with Crippen LogP contribution in [0, 0.1) is 17.7 Å². The Kier molecular flexibility index (Phi) is 15.6. The van der Waals surface area contributed by atoms with Crippen molar-refractivity contribution in [3.8, 4) is 5.69 Å². The minimum absolute atomic E-state index is 0.300. The molecule has 2 fully saturated rings. The Morgan fingerprint density at radius 3 is 2.35 bits per heavy atom. The number of thiophene rings is 1. The van der Waals surface area contributed by atoms with Crippen LogP contribution in [-0.4, -0.2) is 54.6 Å². The standard InChI is InChI=1S/C19H21FN4S.C12H17N3.C10H19NS/c1-12-7-15(9-17(20)16(12)10-21-2)24-11-14-8-18(25-19(14)23-24)13-3-5-22-6-4-13;1-9(2)7-15-8-12(14-13-5)6-10(3)11(15)4;1-8(2)7-10(12)9-3-5-11-6-4-9/h7-11,13,21-22H,1,3-6H2,2H3;6-8,14H,4-5H2,1-3H3;7-9,11-12H,3-6H2,1-2H3/b16-10+;;10-7-. The van der Waals surface area contributed by atoms with E-state index in [1.165, 1.54) is 47.1 Å². The first-order valence-corrected chi connectivity index (χ1v) is 19.4. The molecule has 0 bridgehead atoms. The van der Waals surface area contributed by atoms with E-state index in [4.69, 9.17) is 0 Å². The average molecular weight is 745 g/mol. The van der Waals surface area contributed by atoms with Crippen molar-refractivity contribution in [1.82, 2.24) is 36.1 Å². The Morgan fingerprint density at radius 1 is 1.10 bits per heavy atom. The molecule has 3 aliphatic heterocycles. The van der Waals surface area contributed by atoms with E-state index >= 15 is 0 Å². The summed E-state index contributed by atoms with van der Waals surface area (Å²) < 4.78 is 16.1. The molecule has 0 radical (unpaired) electrons. The largest absolute Gasteiger partial charge is 0.393 e. The zero-order chi connectivity index (χ0) is 37.8. The molecule has 52 heavy (non-hydrogen) atoms. The Balaban J connectivity index is 0.000000192. The van der Waals surface area contributed by atoms with E-state index in [1.54, 1.807) is 29.3 Å². The van der Waals surface area contributed by atoms with E-state index in [1.807, 2.05) is 56.4 Å². The van der Waals surface area contributed by atoms with E-state index in [9.17, 15) is 4.39 Å². The topological polar surface area (TPSA) is 81.5 Å². The maximum absolute atomic E-state index is 14.3. The summed E-state index contributed by atoms with van der Waals surface area (Å²) in [4.78, 5) is 5.70. The molecule has 0 aliphatic carbocycles. The van der Waals surface area contributed by atoms with Gasteiger partial charge in [-0.15, -0.1) is 24.0 Å². The maximum Gasteiger partial charge on any atom is 0.146 e. The van der Waals surface area contributed by atoms with Crippen LogP contribution in [0.5, 0.6) is 0 Å². The molecule has 5 heterocycles. The summed E-state index contributed by atoms with van der Waals surface area (Å²) >= 11 is 6.30. The summed E-state index contributed by atoms with van der Waals surface area (Å²) in [7, 11) is 1.74. The first-order chi connectivity index (χ1) is 24.9. The van der Waals surface area contributed by atoms with Crippen LogP contribution >= 0.6 is 24.0 Å². The predicted molar refractivity (Wildman–Crippen MR) is 224 cm³/mol. The minimum atomic E-state index is -0.300. The fraction of sp³-hybridized carbons (Fsp3) is 0.415. The van der Waals surface area contributed by atoms with Crippen molar-refractivity contribution >= 4 is 53.7 Å². The summed E-state index contributed by atoms with van der Waals surface area (Å²) in [5, 5.41) is 20.2. The van der Waals surface area contributed by atoms with Crippen LogP contribution in [0.3, 0.4) is 0 Å². The maximum atomic E-state index is 14.3. The molecule has 2 aromatic heterocycles. The van der Waals surface area contributed by atoms with Gasteiger partial charge in [0, 0.05) is 65.8 Å². The highest BCUT2D eigenvalue weighted by Crippen LogP contribution is 2.35. The fourth-order valence-electron chi connectivity index (χ4n) is 6.31. The summed E-state index contributed by atoms with van der Waals surface area (Å²) in [5.41, 5.74) is 7.74. The minimum Gasteiger partial charge on any atom is -0.393 e. The molecule has 4 N–H and O–H groups in total. The van der Waals surface area contributed by atoms with E-state index in [-0.39, 0.29) is 5.82 Å². The van der Waals surface area contributed by atoms with Gasteiger partial charge in [-0.25, -0.2) is 9.07 Å². The van der Waals surface area contributed by atoms with Gasteiger partial charge in [0.05, 0.1) is 11.4 Å². The monoisotopic (exact) mass is 744 g/mol. The number of hydrazone groups is 1. The molecule has 1 aromatic carbocycles. The molecule has 0 spiro atoms. The van der Waals surface area contributed by atoms with E-state index in [0.29, 0.717) is 28.0 Å². The lowest BCUT2D eigenvalue weighted by molar-refractivity contribution is 0.431. The summed E-state index contributed by atoms with van der Waals surface area (Å²) in [6, 6.07) is 5.60. The molecule has 0 saturated carbocycles. The van der Waals surface area contributed by atoms with E-state index < -0.39 is 0 Å². The second-order valence-corrected chi connectivity index (χ2v) is 15.6. The van der Waals surface area contributed by atoms with Crippen LogP contribution in [0.25, 0.3) is 28.7 Å². The highest BCUT2D eigenvalue weighted by Gasteiger charge is 2.19. The lowest BCUT2D eigenvalue weighted by Crippen LogP contribution is -2.29. The predicted octanol–water partition coefficient (Wildman–Crippen LogP) is 7.25. The van der Waals surface area contributed by atoms with Crippen LogP contribution in [0.2, 0.25) is 0 Å². The van der Waals surface area contributed by atoms with Crippen LogP contribution < -0.4 is 31.8 Å². The zero-order valence-corrected chi connectivity index (χ0v) is 33.4. The van der Waals surface area contributed by atoms with E-state index in [0.717, 1.165) is 59.3 Å². The first-order valence-electron chi connectivity index (χ1n) is 18.1. The number of piperidine rings is 2. The van der Waals surface area contributed by atoms with Gasteiger partial charge in [0.2, 0.25) is 0 Å². The van der Waals surface area contributed by atoms with Crippen LogP contribution in [0.4, 0.5) is 4.39 Å². The Hall–Kier alpha value is -3.90. The molecule has 11 heteroatoms. The number of halogens is 1. The Labute approximate surface area is 319 Å². The molecule has 0 unspecified atom stereocenters. The van der Waals surface area contributed by atoms with Crippen molar-refractivity contribution in [3.05, 3.63) is 104 Å². The average Bonchev–Trinajstić information content (AvgIpc) is 3.70. The molecule has 2 saturated heterocycles. The van der Waals surface area contributed by atoms with Crippen molar-refractivity contribution in [2.24, 2.45) is 16.9 Å². The van der Waals surface area contributed by atoms with Gasteiger partial charge in [0.15, 0.2) is 0 Å². The third-order valence-electron chi connectivity index (χ3n) is 9.00. The van der Waals surface area contributed by atoms with Crippen molar-refractivity contribution in [1.29, 1.82) is 0 Å². The van der Waals surface area contributed by atoms with Gasteiger partial charge in [-0.1, -0.05) is 38.7 Å². The fourth-order valence-corrected chi connectivity index (χ4v) is 8.03. The second-order valence-electron chi connectivity index (χ2n) is 14.0. The van der Waals surface area contributed by atoms with E-state index in [2.05, 4.69) is 90.1 Å². The summed E-state index contributed by atoms with van der Waals surface area (Å²) in [6.45, 7) is 26.4. The van der Waals surface area contributed by atoms with Crippen LogP contribution in [-0.2, 0) is 0 Å². The van der Waals surface area contributed by atoms with Crippen LogP contribution in [0.1, 0.15) is 71.1 Å². The lowest BCUT2D eigenvalue weighted by atomic mass is 9.96. The van der Waals surface area contributed by atoms with Crippen molar-refractivity contribution in [3.63, 3.8) is 0 Å². The molecule has 3 aliphatic rings. The molecular weight excluding hydrogens is 688 g/mol. The first kappa shape index (κ1) is 40.9. The zero-order valence-electron chi connectivity index (χ0n) is 31.7. The van der Waals surface area contributed by atoms with Crippen molar-refractivity contribution in [2.45, 2.75) is 66.2 Å². The summed E-state index contributed by atoms with van der Waals surface area (Å²) in [6.07, 6.45) is 16.7. The normalized spacial score (nSPS) is 17.5. The van der Waals surface area contributed by atoms with Gasteiger partial charge in [0.1, 0.15) is 10.6 Å². The van der Waals surface area contributed by atoms with Gasteiger partial charge in [-0.05, 0) is 124 Å². The number of aromatic nitrogens is 2. The molecule has 0 amide bonds. The van der Waals surface area contributed by atoms with Gasteiger partial charge in [-0.2, -0.15) is 10.2 Å². The number of nitrogens with zero attached hydrogens (tertiary/aromatic N) is 4. The third-order valence-corrected chi connectivity index (χ3v) is 10.7. The highest BCUT2D eigenvalue weighted by molar-refractivity contribution is 7.84. The van der Waals surface area contributed by atoms with Crippen LogP contribution in [0.15, 0.2) is 88.1 Å². The smallest absolute Gasteiger partial charge is 0.146 e. The van der Waals surface area contributed by atoms with Gasteiger partial charge < -0.3 is 20.9 Å². The quantitative estimate of drug-likeness (QED) is 0.0951. The number of hydrogen-bond acceptors (Lipinski definition) is 9. The Bertz CT molecular complexity index is 1890. The number of hydrogen-bond donors (Lipinski definition) is 5. The number of nitrogens with one attached hydrogen (secondary N) is 4. The summed E-state index contributed by atoms with van der Waals surface area (Å²) in [5.74, 6) is 1.68. The SMILES string of the molecule is C=NNC1=CN(C=C(C)C)C(=C)C(C)=C1.C=c1cc(-n2cc3cc(C4CCNCC4)sc3n2)cc(F)/c1=C/NC.CC(C)/C=C(\S)C1CCNCC1. The number of thiol groups is 1. The lowest BCUT2D eigenvalue weighted by Gasteiger charge is -2.25. The number of benzene rings is 1. The van der Waals surface area contributed by atoms with Crippen molar-refractivity contribution < 1.29 is 4.39 Å². The molecular formula is C41H57FN8S2. The van der Waals surface area contributed by atoms with Gasteiger partial charge in [0.25, 0.3) is 0 Å². The molecule has 6 rings (SSSR count). The Morgan fingerprint density at radius 2 is 1.77 bits per heavy atom. The molecule has 0 atom stereocenters.